The van der Waals surface area contributed by atoms with Crippen LogP contribution >= 0.6 is 11.3 Å². The normalized spacial score (nSPS) is 21.3. The van der Waals surface area contributed by atoms with Crippen LogP contribution in [0.15, 0.2) is 22.3 Å². The number of aromatic amines is 1. The second-order valence-corrected chi connectivity index (χ2v) is 4.36. The minimum Gasteiger partial charge on any atom is -0.315 e. The number of aromatic nitrogens is 1. The molecule has 1 atom stereocenters. The Morgan fingerprint density at radius 1 is 1.64 bits per heavy atom. The van der Waals surface area contributed by atoms with E-state index >= 15 is 0 Å². The van der Waals surface area contributed by atoms with E-state index in [1.54, 1.807) is 0 Å². The van der Waals surface area contributed by atoms with Gasteiger partial charge in [0.2, 0.25) is 0 Å². The van der Waals surface area contributed by atoms with Gasteiger partial charge < -0.3 is 10.3 Å². The summed E-state index contributed by atoms with van der Waals surface area (Å²) in [6.07, 6.45) is 8.10. The first-order valence-electron chi connectivity index (χ1n) is 4.91. The van der Waals surface area contributed by atoms with Crippen molar-refractivity contribution in [2.45, 2.75) is 31.8 Å². The summed E-state index contributed by atoms with van der Waals surface area (Å²) in [4.78, 5) is 13.7. The smallest absolute Gasteiger partial charge is 0.304 e. The molecule has 0 bridgehead atoms. The topological polar surface area (TPSA) is 44.9 Å². The van der Waals surface area contributed by atoms with Crippen LogP contribution in [0.4, 0.5) is 0 Å². The van der Waals surface area contributed by atoms with E-state index in [9.17, 15) is 4.79 Å². The Bertz CT molecular complexity index is 366. The minimum atomic E-state index is 0.0287. The van der Waals surface area contributed by atoms with Crippen molar-refractivity contribution in [1.82, 2.24) is 10.3 Å². The first kappa shape index (κ1) is 9.68. The molecule has 0 spiro atoms. The third kappa shape index (κ3) is 2.56. The fraction of sp³-hybridized carbons (Fsp3) is 0.500. The summed E-state index contributed by atoms with van der Waals surface area (Å²) in [5.41, 5.74) is 0.985. The number of nitrogens with one attached hydrogen (secondary N) is 2. The summed E-state index contributed by atoms with van der Waals surface area (Å²) in [5.74, 6) is 0. The molecule has 0 aliphatic heterocycles. The van der Waals surface area contributed by atoms with Gasteiger partial charge in [-0.1, -0.05) is 23.5 Å². The Hall–Kier alpha value is -0.870. The van der Waals surface area contributed by atoms with Gasteiger partial charge in [0.25, 0.3) is 0 Å². The molecule has 76 valence electrons. The molecule has 1 aromatic heterocycles. The summed E-state index contributed by atoms with van der Waals surface area (Å²) < 4.78 is 0. The van der Waals surface area contributed by atoms with E-state index in [1.807, 2.05) is 5.38 Å². The molecule has 4 heteroatoms. The maximum absolute atomic E-state index is 10.9. The van der Waals surface area contributed by atoms with Gasteiger partial charge in [0.15, 0.2) is 0 Å². The second-order valence-electron chi connectivity index (χ2n) is 3.52. The first-order valence-corrected chi connectivity index (χ1v) is 5.79. The van der Waals surface area contributed by atoms with Gasteiger partial charge in [-0.25, -0.2) is 0 Å². The van der Waals surface area contributed by atoms with Crippen LogP contribution in [0.3, 0.4) is 0 Å². The second kappa shape index (κ2) is 4.57. The molecule has 0 radical (unpaired) electrons. The van der Waals surface area contributed by atoms with Gasteiger partial charge in [0.1, 0.15) is 0 Å². The van der Waals surface area contributed by atoms with Gasteiger partial charge in [-0.2, -0.15) is 0 Å². The number of allylic oxidation sites excluding steroid dienone is 1. The van der Waals surface area contributed by atoms with E-state index in [2.05, 4.69) is 22.5 Å². The number of hydrogen-bond acceptors (Lipinski definition) is 3. The zero-order valence-electron chi connectivity index (χ0n) is 7.95. The van der Waals surface area contributed by atoms with Crippen LogP contribution in [-0.2, 0) is 6.54 Å². The van der Waals surface area contributed by atoms with Crippen LogP contribution in [0.5, 0.6) is 0 Å². The maximum Gasteiger partial charge on any atom is 0.304 e. The molecule has 1 unspecified atom stereocenters. The Labute approximate surface area is 86.9 Å². The maximum atomic E-state index is 10.9. The Kier molecular flexibility index (Phi) is 3.16. The number of rotatable bonds is 3. The summed E-state index contributed by atoms with van der Waals surface area (Å²) >= 11 is 1.22. The molecule has 1 heterocycles. The highest BCUT2D eigenvalue weighted by molar-refractivity contribution is 7.07. The SMILES string of the molecule is O=c1[nH]c(CNC2C=CCCC2)cs1. The lowest BCUT2D eigenvalue weighted by atomic mass is 10.0. The van der Waals surface area contributed by atoms with Crippen molar-refractivity contribution in [3.8, 4) is 0 Å². The molecule has 0 amide bonds. The molecule has 0 aromatic carbocycles. The monoisotopic (exact) mass is 210 g/mol. The van der Waals surface area contributed by atoms with Crippen molar-refractivity contribution >= 4 is 11.3 Å². The lowest BCUT2D eigenvalue weighted by molar-refractivity contribution is 0.519. The van der Waals surface area contributed by atoms with Gasteiger partial charge >= 0.3 is 4.87 Å². The molecule has 1 aliphatic rings. The molecule has 2 N–H and O–H groups in total. The lowest BCUT2D eigenvalue weighted by Gasteiger charge is -2.17. The number of hydrogen-bond donors (Lipinski definition) is 2. The third-order valence-electron chi connectivity index (χ3n) is 2.38. The minimum absolute atomic E-state index is 0.0287. The third-order valence-corrected chi connectivity index (χ3v) is 3.10. The highest BCUT2D eigenvalue weighted by atomic mass is 32.1. The Morgan fingerprint density at radius 2 is 2.57 bits per heavy atom. The standard InChI is InChI=1S/C10H14N2OS/c13-10-12-9(7-14-10)6-11-8-4-2-1-3-5-8/h2,4,7-8,11H,1,3,5-6H2,(H,12,13). The summed E-state index contributed by atoms with van der Waals surface area (Å²) in [5, 5.41) is 5.28. The van der Waals surface area contributed by atoms with Gasteiger partial charge in [-0.15, -0.1) is 0 Å². The van der Waals surface area contributed by atoms with E-state index < -0.39 is 0 Å². The van der Waals surface area contributed by atoms with Crippen molar-refractivity contribution in [2.24, 2.45) is 0 Å². The summed E-state index contributed by atoms with van der Waals surface area (Å²) in [6, 6.07) is 0.479. The highest BCUT2D eigenvalue weighted by Crippen LogP contribution is 2.10. The van der Waals surface area contributed by atoms with E-state index in [0.717, 1.165) is 12.2 Å². The van der Waals surface area contributed by atoms with Crippen LogP contribution in [0.1, 0.15) is 25.0 Å². The fourth-order valence-electron chi connectivity index (χ4n) is 1.62. The predicted octanol–water partition coefficient (Wildman–Crippen LogP) is 1.63. The van der Waals surface area contributed by atoms with Crippen LogP contribution in [0.2, 0.25) is 0 Å². The van der Waals surface area contributed by atoms with Gasteiger partial charge in [0.05, 0.1) is 0 Å². The molecule has 3 nitrogen and oxygen atoms in total. The largest absolute Gasteiger partial charge is 0.315 e. The van der Waals surface area contributed by atoms with Gasteiger partial charge in [0, 0.05) is 23.7 Å². The molecule has 0 saturated carbocycles. The fourth-order valence-corrected chi connectivity index (χ4v) is 2.21. The molecular weight excluding hydrogens is 196 g/mol. The van der Waals surface area contributed by atoms with Crippen molar-refractivity contribution in [3.05, 3.63) is 32.9 Å². The molecular formula is C10H14N2OS. The first-order chi connectivity index (χ1) is 6.84. The van der Waals surface area contributed by atoms with Crippen LogP contribution in [0, 0.1) is 0 Å². The molecule has 1 aromatic rings. The zero-order chi connectivity index (χ0) is 9.80. The lowest BCUT2D eigenvalue weighted by Crippen LogP contribution is -2.28. The summed E-state index contributed by atoms with van der Waals surface area (Å²) in [6.45, 7) is 0.758. The van der Waals surface area contributed by atoms with Crippen molar-refractivity contribution in [3.63, 3.8) is 0 Å². The predicted molar refractivity (Wildman–Crippen MR) is 58.6 cm³/mol. The molecule has 0 fully saturated rings. The van der Waals surface area contributed by atoms with Crippen molar-refractivity contribution in [1.29, 1.82) is 0 Å². The van der Waals surface area contributed by atoms with Crippen LogP contribution < -0.4 is 10.2 Å². The van der Waals surface area contributed by atoms with E-state index in [0.29, 0.717) is 6.04 Å². The number of thiazole rings is 1. The molecule has 14 heavy (non-hydrogen) atoms. The Morgan fingerprint density at radius 3 is 3.21 bits per heavy atom. The summed E-state index contributed by atoms with van der Waals surface area (Å²) in [7, 11) is 0. The van der Waals surface area contributed by atoms with Crippen molar-refractivity contribution < 1.29 is 0 Å². The quantitative estimate of drug-likeness (QED) is 0.745. The molecule has 2 rings (SSSR count). The average Bonchev–Trinajstić information content (AvgIpc) is 2.63. The Balaban J connectivity index is 1.84. The van der Waals surface area contributed by atoms with E-state index in [1.165, 1.54) is 30.6 Å². The van der Waals surface area contributed by atoms with Crippen LogP contribution in [0.25, 0.3) is 0 Å². The van der Waals surface area contributed by atoms with E-state index in [4.69, 9.17) is 0 Å². The molecule has 1 aliphatic carbocycles. The highest BCUT2D eigenvalue weighted by Gasteiger charge is 2.07. The van der Waals surface area contributed by atoms with Crippen LogP contribution in [-0.4, -0.2) is 11.0 Å². The number of H-pyrrole nitrogens is 1. The van der Waals surface area contributed by atoms with Gasteiger partial charge in [-0.05, 0) is 19.3 Å². The average molecular weight is 210 g/mol. The molecule has 0 saturated heterocycles. The van der Waals surface area contributed by atoms with E-state index in [-0.39, 0.29) is 4.87 Å². The van der Waals surface area contributed by atoms with Crippen molar-refractivity contribution in [2.75, 3.05) is 0 Å². The zero-order valence-corrected chi connectivity index (χ0v) is 8.77. The van der Waals surface area contributed by atoms with Gasteiger partial charge in [-0.3, -0.25) is 4.79 Å².